The molecule has 0 aliphatic carbocycles. The highest BCUT2D eigenvalue weighted by Crippen LogP contribution is 1.90. The van der Waals surface area contributed by atoms with Gasteiger partial charge in [-0.15, -0.1) is 0 Å². The molecule has 1 aromatic heterocycles. The van der Waals surface area contributed by atoms with E-state index in [2.05, 4.69) is 15.5 Å². The number of nitrogens with zero attached hydrogens (tertiary/aromatic N) is 1. The second-order valence-corrected chi connectivity index (χ2v) is 5.07. The first-order valence-corrected chi connectivity index (χ1v) is 5.96. The molecular weight excluding hydrogens is 206 g/mol. The zero-order valence-corrected chi connectivity index (χ0v) is 8.47. The van der Waals surface area contributed by atoms with E-state index in [1.807, 2.05) is 0 Å². The van der Waals surface area contributed by atoms with Crippen molar-refractivity contribution in [3.05, 3.63) is 18.0 Å². The van der Waals surface area contributed by atoms with Crippen LogP contribution in [-0.4, -0.2) is 36.5 Å². The van der Waals surface area contributed by atoms with Crippen LogP contribution in [0.15, 0.2) is 12.3 Å². The number of carbonyl (C=O) groups excluding carboxylic acids is 1. The van der Waals surface area contributed by atoms with Crippen molar-refractivity contribution in [2.45, 2.75) is 6.54 Å². The number of amides is 1. The number of nitrogens with one attached hydrogen (secondary N) is 2. The molecule has 0 atom stereocenters. The summed E-state index contributed by atoms with van der Waals surface area (Å²) in [5.74, 6) is -0.997. The second kappa shape index (κ2) is 4.23. The van der Waals surface area contributed by atoms with Gasteiger partial charge in [-0.2, -0.15) is 5.10 Å². The molecule has 0 radical (unpaired) electrons. The average molecular weight is 217 g/mol. The molecule has 0 aliphatic heterocycles. The van der Waals surface area contributed by atoms with Crippen LogP contribution >= 0.6 is 0 Å². The normalized spacial score (nSPS) is 11.2. The smallest absolute Gasteiger partial charge is 0.235 e. The number of hydrogen-bond donors (Lipinski definition) is 2. The molecule has 0 saturated heterocycles. The summed E-state index contributed by atoms with van der Waals surface area (Å²) >= 11 is 0. The lowest BCUT2D eigenvalue weighted by atomic mass is 10.4. The summed E-state index contributed by atoms with van der Waals surface area (Å²) in [4.78, 5) is 11.0. The van der Waals surface area contributed by atoms with Gasteiger partial charge in [-0.3, -0.25) is 9.89 Å². The Hall–Kier alpha value is -1.37. The van der Waals surface area contributed by atoms with Gasteiger partial charge in [0.2, 0.25) is 5.91 Å². The van der Waals surface area contributed by atoms with Crippen molar-refractivity contribution < 1.29 is 13.2 Å². The summed E-state index contributed by atoms with van der Waals surface area (Å²) in [6.07, 6.45) is 2.57. The summed E-state index contributed by atoms with van der Waals surface area (Å²) in [5, 5.41) is 8.77. The van der Waals surface area contributed by atoms with Crippen LogP contribution in [0.4, 0.5) is 0 Å². The van der Waals surface area contributed by atoms with Gasteiger partial charge in [0.1, 0.15) is 5.75 Å². The number of rotatable bonds is 4. The van der Waals surface area contributed by atoms with Crippen LogP contribution in [0, 0.1) is 0 Å². The van der Waals surface area contributed by atoms with Crippen LogP contribution < -0.4 is 5.32 Å². The summed E-state index contributed by atoms with van der Waals surface area (Å²) in [5.41, 5.74) is 0.729. The molecular formula is C7H11N3O3S. The summed E-state index contributed by atoms with van der Waals surface area (Å²) in [6.45, 7) is 0.258. The number of aromatic nitrogens is 2. The highest BCUT2D eigenvalue weighted by molar-refractivity contribution is 7.91. The molecule has 0 aliphatic rings. The minimum atomic E-state index is -3.25. The first-order valence-electron chi connectivity index (χ1n) is 3.90. The molecule has 0 saturated carbocycles. The third-order valence-electron chi connectivity index (χ3n) is 1.43. The summed E-state index contributed by atoms with van der Waals surface area (Å²) < 4.78 is 21.4. The van der Waals surface area contributed by atoms with Gasteiger partial charge in [-0.25, -0.2) is 8.42 Å². The fraction of sp³-hybridized carbons (Fsp3) is 0.429. The Balaban J connectivity index is 2.36. The molecule has 6 nitrogen and oxygen atoms in total. The van der Waals surface area contributed by atoms with E-state index in [9.17, 15) is 13.2 Å². The maximum absolute atomic E-state index is 11.0. The van der Waals surface area contributed by atoms with Gasteiger partial charge in [0.05, 0.1) is 12.2 Å². The van der Waals surface area contributed by atoms with Crippen molar-refractivity contribution in [3.8, 4) is 0 Å². The minimum Gasteiger partial charge on any atom is -0.350 e. The minimum absolute atomic E-state index is 0.258. The van der Waals surface area contributed by atoms with Crippen molar-refractivity contribution in [3.63, 3.8) is 0 Å². The number of carbonyl (C=O) groups is 1. The monoisotopic (exact) mass is 217 g/mol. The van der Waals surface area contributed by atoms with Gasteiger partial charge in [-0.05, 0) is 6.07 Å². The number of hydrogen-bond acceptors (Lipinski definition) is 4. The van der Waals surface area contributed by atoms with Gasteiger partial charge >= 0.3 is 0 Å². The van der Waals surface area contributed by atoms with Crippen molar-refractivity contribution >= 4 is 15.7 Å². The van der Waals surface area contributed by atoms with Gasteiger partial charge in [0, 0.05) is 12.5 Å². The Morgan fingerprint density at radius 1 is 1.64 bits per heavy atom. The molecule has 0 fully saturated rings. The van der Waals surface area contributed by atoms with E-state index < -0.39 is 21.5 Å². The topological polar surface area (TPSA) is 91.9 Å². The standard InChI is InChI=1S/C7H11N3O3S/c1-14(12,13)5-7(11)8-4-6-2-3-9-10-6/h2-3H,4-5H2,1H3,(H,8,11)(H,9,10). The zero-order valence-electron chi connectivity index (χ0n) is 7.65. The lowest BCUT2D eigenvalue weighted by Gasteiger charge is -2.01. The van der Waals surface area contributed by atoms with Crippen LogP contribution in [0.3, 0.4) is 0 Å². The highest BCUT2D eigenvalue weighted by atomic mass is 32.2. The molecule has 78 valence electrons. The second-order valence-electron chi connectivity index (χ2n) is 2.93. The molecule has 0 unspecified atom stereocenters. The Morgan fingerprint density at radius 2 is 2.36 bits per heavy atom. The fourth-order valence-electron chi connectivity index (χ4n) is 0.866. The van der Waals surface area contributed by atoms with E-state index in [0.717, 1.165) is 11.9 Å². The van der Waals surface area contributed by atoms with Gasteiger partial charge in [0.15, 0.2) is 9.84 Å². The molecule has 7 heteroatoms. The summed E-state index contributed by atoms with van der Waals surface area (Å²) in [6, 6.07) is 1.70. The molecule has 0 spiro atoms. The number of aromatic amines is 1. The predicted octanol–water partition coefficient (Wildman–Crippen LogP) is -0.929. The molecule has 1 aromatic rings. The predicted molar refractivity (Wildman–Crippen MR) is 50.1 cm³/mol. The van der Waals surface area contributed by atoms with Crippen molar-refractivity contribution in [1.29, 1.82) is 0 Å². The van der Waals surface area contributed by atoms with E-state index in [4.69, 9.17) is 0 Å². The maximum Gasteiger partial charge on any atom is 0.235 e. The van der Waals surface area contributed by atoms with Crippen LogP contribution in [0.1, 0.15) is 5.69 Å². The third-order valence-corrected chi connectivity index (χ3v) is 2.21. The number of H-pyrrole nitrogens is 1. The zero-order chi connectivity index (χ0) is 10.6. The molecule has 1 amide bonds. The van der Waals surface area contributed by atoms with Gasteiger partial charge < -0.3 is 5.32 Å². The maximum atomic E-state index is 11.0. The Morgan fingerprint density at radius 3 is 2.86 bits per heavy atom. The highest BCUT2D eigenvalue weighted by Gasteiger charge is 2.09. The first-order chi connectivity index (χ1) is 6.47. The Bertz CT molecular complexity index is 396. The Labute approximate surface area is 81.6 Å². The van der Waals surface area contributed by atoms with Crippen molar-refractivity contribution in [1.82, 2.24) is 15.5 Å². The van der Waals surface area contributed by atoms with E-state index in [1.54, 1.807) is 12.3 Å². The van der Waals surface area contributed by atoms with E-state index in [-0.39, 0.29) is 6.54 Å². The van der Waals surface area contributed by atoms with Crippen LogP contribution in [-0.2, 0) is 21.2 Å². The largest absolute Gasteiger partial charge is 0.350 e. The van der Waals surface area contributed by atoms with E-state index in [1.165, 1.54) is 0 Å². The molecule has 1 heterocycles. The SMILES string of the molecule is CS(=O)(=O)CC(=O)NCc1ccn[nH]1. The van der Waals surface area contributed by atoms with Gasteiger partial charge in [-0.1, -0.05) is 0 Å². The molecule has 0 bridgehead atoms. The third kappa shape index (κ3) is 4.04. The molecule has 14 heavy (non-hydrogen) atoms. The average Bonchev–Trinajstić information content (AvgIpc) is 2.49. The van der Waals surface area contributed by atoms with Crippen LogP contribution in [0.2, 0.25) is 0 Å². The quantitative estimate of drug-likeness (QED) is 0.681. The lowest BCUT2D eigenvalue weighted by Crippen LogP contribution is -2.29. The summed E-state index contributed by atoms with van der Waals surface area (Å²) in [7, 11) is -3.25. The van der Waals surface area contributed by atoms with Gasteiger partial charge in [0.25, 0.3) is 0 Å². The number of sulfone groups is 1. The lowest BCUT2D eigenvalue weighted by molar-refractivity contribution is -0.118. The molecule has 1 rings (SSSR count). The Kier molecular flexibility index (Phi) is 3.23. The fourth-order valence-corrected chi connectivity index (χ4v) is 1.44. The van der Waals surface area contributed by atoms with Crippen molar-refractivity contribution in [2.75, 3.05) is 12.0 Å². The first kappa shape index (κ1) is 10.7. The van der Waals surface area contributed by atoms with Crippen LogP contribution in [0.25, 0.3) is 0 Å². The van der Waals surface area contributed by atoms with Crippen LogP contribution in [0.5, 0.6) is 0 Å². The van der Waals surface area contributed by atoms with Crippen molar-refractivity contribution in [2.24, 2.45) is 0 Å². The molecule has 0 aromatic carbocycles. The van der Waals surface area contributed by atoms with E-state index >= 15 is 0 Å². The van der Waals surface area contributed by atoms with E-state index in [0.29, 0.717) is 0 Å². The molecule has 2 N–H and O–H groups in total.